The molecule has 0 unspecified atom stereocenters. The molecule has 0 saturated carbocycles. The molecular weight excluding hydrogens is 380 g/mol. The molecule has 27 heavy (non-hydrogen) atoms. The Hall–Kier alpha value is -2.03. The Kier molecular flexibility index (Phi) is 3.79. The quantitative estimate of drug-likeness (QED) is 0.676. The number of aryl methyl sites for hydroxylation is 2. The van der Waals surface area contributed by atoms with Crippen molar-refractivity contribution >= 4 is 21.2 Å². The minimum absolute atomic E-state index is 0.0369. The van der Waals surface area contributed by atoms with Crippen LogP contribution in [0.1, 0.15) is 22.1 Å². The molecule has 1 fully saturated rings. The molecule has 6 nitrogen and oxygen atoms in total. The Morgan fingerprint density at radius 1 is 1.26 bits per heavy atom. The molecule has 5 rings (SSSR count). The van der Waals surface area contributed by atoms with Crippen LogP contribution in [-0.2, 0) is 23.4 Å². The van der Waals surface area contributed by atoms with Crippen molar-refractivity contribution in [3.63, 3.8) is 0 Å². The number of benzene rings is 1. The van der Waals surface area contributed by atoms with E-state index in [4.69, 9.17) is 0 Å². The summed E-state index contributed by atoms with van der Waals surface area (Å²) in [4.78, 5) is 8.30. The molecule has 1 saturated heterocycles. The van der Waals surface area contributed by atoms with Gasteiger partial charge >= 0.3 is 0 Å². The normalized spacial score (nSPS) is 23.5. The molecule has 2 aliphatic rings. The maximum atomic E-state index is 13.1. The lowest BCUT2D eigenvalue weighted by atomic mass is 9.95. The first-order valence-electron chi connectivity index (χ1n) is 8.91. The highest BCUT2D eigenvalue weighted by Crippen LogP contribution is 2.46. The summed E-state index contributed by atoms with van der Waals surface area (Å²) in [7, 11) is -1.39. The number of rotatable bonds is 3. The number of aromatic nitrogens is 3. The number of sulfone groups is 1. The zero-order valence-electron chi connectivity index (χ0n) is 15.2. The van der Waals surface area contributed by atoms with Gasteiger partial charge in [-0.25, -0.2) is 13.4 Å². The molecule has 8 heteroatoms. The number of likely N-dealkylation sites (tertiary alicyclic amines) is 1. The van der Waals surface area contributed by atoms with Crippen molar-refractivity contribution in [2.45, 2.75) is 29.5 Å². The van der Waals surface area contributed by atoms with E-state index < -0.39 is 9.84 Å². The first kappa shape index (κ1) is 17.1. The number of thiazole rings is 1. The first-order chi connectivity index (χ1) is 12.9. The fraction of sp³-hybridized carbons (Fsp3) is 0.368. The van der Waals surface area contributed by atoms with Crippen molar-refractivity contribution < 1.29 is 8.42 Å². The van der Waals surface area contributed by atoms with Crippen LogP contribution in [0.15, 0.2) is 41.0 Å². The van der Waals surface area contributed by atoms with E-state index in [0.29, 0.717) is 11.4 Å². The van der Waals surface area contributed by atoms with Gasteiger partial charge in [-0.3, -0.25) is 9.58 Å². The van der Waals surface area contributed by atoms with Crippen LogP contribution in [0.25, 0.3) is 11.1 Å². The summed E-state index contributed by atoms with van der Waals surface area (Å²) in [5, 5.41) is 3.89. The fourth-order valence-electron chi connectivity index (χ4n) is 4.29. The van der Waals surface area contributed by atoms with Gasteiger partial charge in [0.1, 0.15) is 0 Å². The third kappa shape index (κ3) is 2.66. The summed E-state index contributed by atoms with van der Waals surface area (Å²) >= 11 is 1.64. The molecule has 0 N–H and O–H groups in total. The highest BCUT2D eigenvalue weighted by molar-refractivity contribution is 7.92. The Morgan fingerprint density at radius 3 is 2.81 bits per heavy atom. The standard InChI is InChI=1S/C19H20N4O2S2/c1-12-17(26-11-20-12)9-23-8-16-15-5-13(14-6-21-22(2)7-14)3-4-18(15)27(24,25)19(16)10-23/h3-7,11,16,19H,8-10H2,1-2H3/t16-,19-/m1/s1. The summed E-state index contributed by atoms with van der Waals surface area (Å²) in [6.45, 7) is 4.14. The maximum Gasteiger partial charge on any atom is 0.183 e. The largest absolute Gasteiger partial charge is 0.296 e. The second-order valence-corrected chi connectivity index (χ2v) is 10.5. The number of nitrogens with zero attached hydrogens (tertiary/aromatic N) is 4. The topological polar surface area (TPSA) is 68.1 Å². The lowest BCUT2D eigenvalue weighted by Gasteiger charge is -2.16. The van der Waals surface area contributed by atoms with Crippen LogP contribution in [0.2, 0.25) is 0 Å². The lowest BCUT2D eigenvalue weighted by molar-refractivity contribution is 0.327. The van der Waals surface area contributed by atoms with Crippen LogP contribution < -0.4 is 0 Å². The van der Waals surface area contributed by atoms with E-state index in [0.717, 1.165) is 35.5 Å². The molecule has 0 bridgehead atoms. The molecule has 2 aliphatic heterocycles. The van der Waals surface area contributed by atoms with Crippen LogP contribution in [0.3, 0.4) is 0 Å². The Balaban J connectivity index is 1.49. The van der Waals surface area contributed by atoms with E-state index in [9.17, 15) is 8.42 Å². The van der Waals surface area contributed by atoms with Crippen LogP contribution in [0, 0.1) is 6.92 Å². The number of hydrogen-bond acceptors (Lipinski definition) is 6. The fourth-order valence-corrected chi connectivity index (χ4v) is 7.30. The van der Waals surface area contributed by atoms with Gasteiger partial charge in [0.05, 0.1) is 27.5 Å². The predicted octanol–water partition coefficient (Wildman–Crippen LogP) is 2.61. The van der Waals surface area contributed by atoms with Crippen molar-refractivity contribution in [3.8, 4) is 11.1 Å². The molecule has 0 radical (unpaired) electrons. The van der Waals surface area contributed by atoms with E-state index in [1.54, 1.807) is 22.1 Å². The molecule has 0 aliphatic carbocycles. The minimum Gasteiger partial charge on any atom is -0.296 e. The van der Waals surface area contributed by atoms with Gasteiger partial charge < -0.3 is 0 Å². The predicted molar refractivity (Wildman–Crippen MR) is 104 cm³/mol. The molecule has 0 amide bonds. The van der Waals surface area contributed by atoms with Crippen LogP contribution >= 0.6 is 11.3 Å². The Morgan fingerprint density at radius 2 is 2.11 bits per heavy atom. The van der Waals surface area contributed by atoms with Gasteiger partial charge in [-0.15, -0.1) is 11.3 Å². The van der Waals surface area contributed by atoms with Gasteiger partial charge in [0.25, 0.3) is 0 Å². The molecular formula is C19H20N4O2S2. The van der Waals surface area contributed by atoms with Crippen LogP contribution in [-0.4, -0.2) is 46.4 Å². The molecule has 4 heterocycles. The van der Waals surface area contributed by atoms with Gasteiger partial charge in [-0.05, 0) is 30.2 Å². The van der Waals surface area contributed by atoms with E-state index in [2.05, 4.69) is 21.0 Å². The highest BCUT2D eigenvalue weighted by atomic mass is 32.2. The minimum atomic E-state index is -3.27. The van der Waals surface area contributed by atoms with E-state index in [1.165, 1.54) is 4.88 Å². The summed E-state index contributed by atoms with van der Waals surface area (Å²) in [5.41, 5.74) is 5.89. The van der Waals surface area contributed by atoms with Crippen molar-refractivity contribution in [1.29, 1.82) is 0 Å². The zero-order chi connectivity index (χ0) is 18.8. The van der Waals surface area contributed by atoms with Crippen molar-refractivity contribution in [1.82, 2.24) is 19.7 Å². The third-order valence-electron chi connectivity index (χ3n) is 5.71. The monoisotopic (exact) mass is 400 g/mol. The lowest BCUT2D eigenvalue weighted by Crippen LogP contribution is -2.25. The Labute approximate surface area is 162 Å². The van der Waals surface area contributed by atoms with Crippen LogP contribution in [0.4, 0.5) is 0 Å². The van der Waals surface area contributed by atoms with Gasteiger partial charge in [0, 0.05) is 49.2 Å². The molecule has 2 aromatic heterocycles. The molecule has 2 atom stereocenters. The van der Waals surface area contributed by atoms with E-state index in [-0.39, 0.29) is 11.2 Å². The van der Waals surface area contributed by atoms with Crippen LogP contribution in [0.5, 0.6) is 0 Å². The van der Waals surface area contributed by atoms with Crippen molar-refractivity contribution in [3.05, 3.63) is 52.2 Å². The average Bonchev–Trinajstić information content (AvgIpc) is 3.38. The third-order valence-corrected chi connectivity index (χ3v) is 8.89. The number of hydrogen-bond donors (Lipinski definition) is 0. The second-order valence-electron chi connectivity index (χ2n) is 7.40. The van der Waals surface area contributed by atoms with Gasteiger partial charge in [-0.1, -0.05) is 6.07 Å². The SMILES string of the molecule is Cc1ncsc1CN1C[C@@H]2c3cc(-c4cnn(C)c4)ccc3S(=O)(=O)[C@@H]2C1. The summed E-state index contributed by atoms with van der Waals surface area (Å²) in [6.07, 6.45) is 3.77. The highest BCUT2D eigenvalue weighted by Gasteiger charge is 2.50. The second kappa shape index (κ2) is 5.98. The molecule has 1 aromatic carbocycles. The maximum absolute atomic E-state index is 13.1. The van der Waals surface area contributed by atoms with Gasteiger partial charge in [0.15, 0.2) is 9.84 Å². The summed E-state index contributed by atoms with van der Waals surface area (Å²) < 4.78 is 27.9. The zero-order valence-corrected chi connectivity index (χ0v) is 16.8. The average molecular weight is 401 g/mol. The van der Waals surface area contributed by atoms with Gasteiger partial charge in [0.2, 0.25) is 0 Å². The summed E-state index contributed by atoms with van der Waals surface area (Å²) in [5.74, 6) is 0.0369. The molecule has 140 valence electrons. The molecule has 3 aromatic rings. The smallest absolute Gasteiger partial charge is 0.183 e. The Bertz CT molecular complexity index is 1130. The number of fused-ring (bicyclic) bond motifs is 3. The van der Waals surface area contributed by atoms with E-state index in [1.807, 2.05) is 37.9 Å². The van der Waals surface area contributed by atoms with E-state index >= 15 is 0 Å². The molecule has 0 spiro atoms. The summed E-state index contributed by atoms with van der Waals surface area (Å²) in [6, 6.07) is 5.73. The van der Waals surface area contributed by atoms with Crippen molar-refractivity contribution in [2.24, 2.45) is 7.05 Å². The van der Waals surface area contributed by atoms with Gasteiger partial charge in [-0.2, -0.15) is 5.10 Å². The van der Waals surface area contributed by atoms with Crippen molar-refractivity contribution in [2.75, 3.05) is 13.1 Å². The first-order valence-corrected chi connectivity index (χ1v) is 11.3.